The molecule has 3 nitrogen and oxygen atoms in total. The molecule has 2 rings (SSSR count). The maximum Gasteiger partial charge on any atom is 0.258 e. The minimum Gasteiger partial charge on any atom is -0.359 e. The number of nitrogens with zero attached hydrogens (tertiary/aromatic N) is 1. The SMILES string of the molecule is Cc1ccc(F)c(C(=O)N2CCOC2)c1. The summed E-state index contributed by atoms with van der Waals surface area (Å²) in [6.45, 7) is 3.15. The summed E-state index contributed by atoms with van der Waals surface area (Å²) >= 11 is 0. The third kappa shape index (κ3) is 1.99. The van der Waals surface area contributed by atoms with Crippen LogP contribution in [0.15, 0.2) is 18.2 Å². The van der Waals surface area contributed by atoms with Crippen LogP contribution in [-0.2, 0) is 4.74 Å². The molecular weight excluding hydrogens is 197 g/mol. The van der Waals surface area contributed by atoms with E-state index < -0.39 is 5.82 Å². The highest BCUT2D eigenvalue weighted by Crippen LogP contribution is 2.14. The highest BCUT2D eigenvalue weighted by Gasteiger charge is 2.22. The van der Waals surface area contributed by atoms with Gasteiger partial charge >= 0.3 is 0 Å². The molecule has 4 heteroatoms. The summed E-state index contributed by atoms with van der Waals surface area (Å²) in [5.74, 6) is -0.772. The normalized spacial score (nSPS) is 15.7. The molecule has 0 aliphatic carbocycles. The van der Waals surface area contributed by atoms with Crippen LogP contribution in [0.1, 0.15) is 15.9 Å². The van der Waals surface area contributed by atoms with Crippen molar-refractivity contribution in [1.82, 2.24) is 4.90 Å². The van der Waals surface area contributed by atoms with Gasteiger partial charge in [-0.2, -0.15) is 0 Å². The molecular formula is C11H12FNO2. The smallest absolute Gasteiger partial charge is 0.258 e. The van der Waals surface area contributed by atoms with Crippen molar-refractivity contribution in [1.29, 1.82) is 0 Å². The fourth-order valence-electron chi connectivity index (χ4n) is 1.55. The molecule has 0 atom stereocenters. The van der Waals surface area contributed by atoms with Gasteiger partial charge in [0.2, 0.25) is 0 Å². The molecule has 0 unspecified atom stereocenters. The van der Waals surface area contributed by atoms with Gasteiger partial charge in [0.05, 0.1) is 12.2 Å². The molecule has 0 radical (unpaired) electrons. The zero-order valence-electron chi connectivity index (χ0n) is 8.50. The van der Waals surface area contributed by atoms with Crippen LogP contribution in [0.4, 0.5) is 4.39 Å². The van der Waals surface area contributed by atoms with Crippen LogP contribution in [0, 0.1) is 12.7 Å². The fraction of sp³-hybridized carbons (Fsp3) is 0.364. The van der Waals surface area contributed by atoms with Gasteiger partial charge in [-0.05, 0) is 19.1 Å². The Morgan fingerprint density at radius 1 is 1.53 bits per heavy atom. The van der Waals surface area contributed by atoms with E-state index in [4.69, 9.17) is 4.74 Å². The van der Waals surface area contributed by atoms with E-state index in [1.807, 2.05) is 6.92 Å². The molecule has 1 aliphatic heterocycles. The summed E-state index contributed by atoms with van der Waals surface area (Å²) in [4.78, 5) is 13.3. The lowest BCUT2D eigenvalue weighted by Crippen LogP contribution is -2.29. The van der Waals surface area contributed by atoms with Gasteiger partial charge in [-0.3, -0.25) is 4.79 Å². The lowest BCUT2D eigenvalue weighted by atomic mass is 10.1. The Morgan fingerprint density at radius 3 is 3.00 bits per heavy atom. The Kier molecular flexibility index (Phi) is 2.68. The van der Waals surface area contributed by atoms with Crippen LogP contribution in [0.5, 0.6) is 0 Å². The number of ether oxygens (including phenoxy) is 1. The molecule has 1 aromatic rings. The molecule has 0 spiro atoms. The standard InChI is InChI=1S/C11H12FNO2/c1-8-2-3-10(12)9(6-8)11(14)13-4-5-15-7-13/h2-3,6H,4-5,7H2,1H3. The summed E-state index contributed by atoms with van der Waals surface area (Å²) in [6, 6.07) is 4.53. The van der Waals surface area contributed by atoms with Crippen molar-refractivity contribution in [3.8, 4) is 0 Å². The van der Waals surface area contributed by atoms with Crippen molar-refractivity contribution < 1.29 is 13.9 Å². The predicted molar refractivity (Wildman–Crippen MR) is 53.0 cm³/mol. The second-order valence-electron chi connectivity index (χ2n) is 3.59. The Morgan fingerprint density at radius 2 is 2.33 bits per heavy atom. The number of rotatable bonds is 1. The van der Waals surface area contributed by atoms with E-state index in [1.165, 1.54) is 11.0 Å². The van der Waals surface area contributed by atoms with Gasteiger partial charge in [0.15, 0.2) is 0 Å². The van der Waals surface area contributed by atoms with Gasteiger partial charge in [0.25, 0.3) is 5.91 Å². The second-order valence-corrected chi connectivity index (χ2v) is 3.59. The van der Waals surface area contributed by atoms with Crippen molar-refractivity contribution in [2.75, 3.05) is 19.9 Å². The number of carbonyl (C=O) groups is 1. The average Bonchev–Trinajstić information content (AvgIpc) is 2.74. The van der Waals surface area contributed by atoms with Gasteiger partial charge in [0.1, 0.15) is 12.5 Å². The first-order valence-electron chi connectivity index (χ1n) is 4.81. The topological polar surface area (TPSA) is 29.5 Å². The monoisotopic (exact) mass is 209 g/mol. The number of aryl methyl sites for hydroxylation is 1. The maximum atomic E-state index is 13.4. The Hall–Kier alpha value is -1.42. The van der Waals surface area contributed by atoms with Crippen LogP contribution in [-0.4, -0.2) is 30.7 Å². The first-order chi connectivity index (χ1) is 7.18. The lowest BCUT2D eigenvalue weighted by Gasteiger charge is -2.14. The van der Waals surface area contributed by atoms with Gasteiger partial charge in [-0.15, -0.1) is 0 Å². The van der Waals surface area contributed by atoms with Crippen LogP contribution in [0.2, 0.25) is 0 Å². The quantitative estimate of drug-likeness (QED) is 0.702. The first-order valence-corrected chi connectivity index (χ1v) is 4.81. The third-order valence-electron chi connectivity index (χ3n) is 2.39. The zero-order chi connectivity index (χ0) is 10.8. The first kappa shape index (κ1) is 10.1. The van der Waals surface area contributed by atoms with E-state index in [0.717, 1.165) is 5.56 Å². The minimum atomic E-state index is -0.475. The molecule has 0 aromatic heterocycles. The molecule has 1 fully saturated rings. The average molecular weight is 209 g/mol. The zero-order valence-corrected chi connectivity index (χ0v) is 8.50. The number of benzene rings is 1. The second kappa shape index (κ2) is 3.98. The van der Waals surface area contributed by atoms with Crippen molar-refractivity contribution in [2.45, 2.75) is 6.92 Å². The number of carbonyl (C=O) groups excluding carboxylic acids is 1. The summed E-state index contributed by atoms with van der Waals surface area (Å²) in [7, 11) is 0. The van der Waals surface area contributed by atoms with Gasteiger partial charge in [0, 0.05) is 6.54 Å². The Bertz CT molecular complexity index is 386. The molecule has 1 aliphatic rings. The number of halogens is 1. The van der Waals surface area contributed by atoms with E-state index in [-0.39, 0.29) is 18.2 Å². The fourth-order valence-corrected chi connectivity index (χ4v) is 1.55. The third-order valence-corrected chi connectivity index (χ3v) is 2.39. The molecule has 1 aromatic carbocycles. The summed E-state index contributed by atoms with van der Waals surface area (Å²) < 4.78 is 18.4. The van der Waals surface area contributed by atoms with Crippen molar-refractivity contribution in [3.05, 3.63) is 35.1 Å². The molecule has 0 bridgehead atoms. The number of hydrogen-bond donors (Lipinski definition) is 0. The van der Waals surface area contributed by atoms with Gasteiger partial charge in [-0.1, -0.05) is 11.6 Å². The van der Waals surface area contributed by atoms with Gasteiger partial charge < -0.3 is 9.64 Å². The molecule has 0 saturated carbocycles. The van der Waals surface area contributed by atoms with Crippen molar-refractivity contribution >= 4 is 5.91 Å². The molecule has 1 saturated heterocycles. The highest BCUT2D eigenvalue weighted by atomic mass is 19.1. The summed E-state index contributed by atoms with van der Waals surface area (Å²) in [5, 5.41) is 0. The predicted octanol–water partition coefficient (Wildman–Crippen LogP) is 1.56. The Balaban J connectivity index is 2.27. The molecule has 15 heavy (non-hydrogen) atoms. The number of hydrogen-bond acceptors (Lipinski definition) is 2. The van der Waals surface area contributed by atoms with Gasteiger partial charge in [-0.25, -0.2) is 4.39 Å². The molecule has 1 heterocycles. The highest BCUT2D eigenvalue weighted by molar-refractivity contribution is 5.94. The Labute approximate surface area is 87.5 Å². The van der Waals surface area contributed by atoms with Crippen LogP contribution in [0.25, 0.3) is 0 Å². The summed E-state index contributed by atoms with van der Waals surface area (Å²) in [5.41, 5.74) is 1.00. The maximum absolute atomic E-state index is 13.4. The summed E-state index contributed by atoms with van der Waals surface area (Å²) in [6.07, 6.45) is 0. The van der Waals surface area contributed by atoms with E-state index in [2.05, 4.69) is 0 Å². The van der Waals surface area contributed by atoms with Crippen LogP contribution < -0.4 is 0 Å². The lowest BCUT2D eigenvalue weighted by molar-refractivity contribution is 0.0690. The van der Waals surface area contributed by atoms with E-state index >= 15 is 0 Å². The molecule has 80 valence electrons. The number of amides is 1. The van der Waals surface area contributed by atoms with Crippen molar-refractivity contribution in [3.63, 3.8) is 0 Å². The van der Waals surface area contributed by atoms with E-state index in [1.54, 1.807) is 12.1 Å². The molecule has 0 N–H and O–H groups in total. The van der Waals surface area contributed by atoms with E-state index in [0.29, 0.717) is 13.2 Å². The van der Waals surface area contributed by atoms with E-state index in [9.17, 15) is 9.18 Å². The van der Waals surface area contributed by atoms with Crippen LogP contribution >= 0.6 is 0 Å². The minimum absolute atomic E-state index is 0.125. The molecule has 1 amide bonds. The van der Waals surface area contributed by atoms with Crippen LogP contribution in [0.3, 0.4) is 0 Å². The largest absolute Gasteiger partial charge is 0.359 e. The van der Waals surface area contributed by atoms with Crippen molar-refractivity contribution in [2.24, 2.45) is 0 Å².